The predicted octanol–water partition coefficient (Wildman–Crippen LogP) is 3.93. The SMILES string of the molecule is COc1cc(Cl)c(C)cc1NC(=O)COC(=O)COc1cccc2c1OC(C)(C)C2. The number of rotatable bonds is 7. The highest BCUT2D eigenvalue weighted by Crippen LogP contribution is 2.41. The number of anilines is 1. The fraction of sp³-hybridized carbons (Fsp3) is 0.364. The van der Waals surface area contributed by atoms with E-state index < -0.39 is 18.5 Å². The number of ether oxygens (including phenoxy) is 4. The molecule has 0 radical (unpaired) electrons. The first-order valence-electron chi connectivity index (χ1n) is 9.42. The zero-order valence-corrected chi connectivity index (χ0v) is 18.1. The molecule has 1 aliphatic rings. The van der Waals surface area contributed by atoms with Crippen LogP contribution in [0, 0.1) is 6.92 Å². The lowest BCUT2D eigenvalue weighted by atomic mass is 10.0. The van der Waals surface area contributed by atoms with E-state index in [0.29, 0.717) is 28.0 Å². The van der Waals surface area contributed by atoms with Crippen molar-refractivity contribution in [3.05, 3.63) is 46.5 Å². The predicted molar refractivity (Wildman–Crippen MR) is 113 cm³/mol. The van der Waals surface area contributed by atoms with Gasteiger partial charge in [-0.2, -0.15) is 0 Å². The minimum atomic E-state index is -0.667. The molecule has 0 unspecified atom stereocenters. The third kappa shape index (κ3) is 5.16. The van der Waals surface area contributed by atoms with E-state index in [2.05, 4.69) is 5.32 Å². The van der Waals surface area contributed by atoms with E-state index in [4.69, 9.17) is 30.5 Å². The Labute approximate surface area is 180 Å². The van der Waals surface area contributed by atoms with Gasteiger partial charge in [0.2, 0.25) is 0 Å². The number of amides is 1. The van der Waals surface area contributed by atoms with Gasteiger partial charge in [-0.05, 0) is 38.5 Å². The highest BCUT2D eigenvalue weighted by Gasteiger charge is 2.32. The Morgan fingerprint density at radius 2 is 1.97 bits per heavy atom. The summed E-state index contributed by atoms with van der Waals surface area (Å²) in [5, 5.41) is 3.16. The van der Waals surface area contributed by atoms with Crippen LogP contribution in [0.25, 0.3) is 0 Å². The molecule has 0 fully saturated rings. The number of esters is 1. The molecule has 0 spiro atoms. The van der Waals surface area contributed by atoms with Gasteiger partial charge in [0.1, 0.15) is 11.4 Å². The van der Waals surface area contributed by atoms with Gasteiger partial charge in [-0.25, -0.2) is 4.79 Å². The van der Waals surface area contributed by atoms with Crippen LogP contribution < -0.4 is 19.5 Å². The van der Waals surface area contributed by atoms with E-state index >= 15 is 0 Å². The van der Waals surface area contributed by atoms with Gasteiger partial charge in [0.15, 0.2) is 24.7 Å². The lowest BCUT2D eigenvalue weighted by Crippen LogP contribution is -2.25. The molecule has 30 heavy (non-hydrogen) atoms. The van der Waals surface area contributed by atoms with Gasteiger partial charge in [-0.15, -0.1) is 0 Å². The normalized spacial score (nSPS) is 13.8. The first kappa shape index (κ1) is 21.8. The van der Waals surface area contributed by atoms with E-state index in [1.54, 1.807) is 25.1 Å². The molecule has 2 aromatic carbocycles. The van der Waals surface area contributed by atoms with Gasteiger partial charge in [0.25, 0.3) is 5.91 Å². The van der Waals surface area contributed by atoms with Crippen LogP contribution in [0.15, 0.2) is 30.3 Å². The fourth-order valence-electron chi connectivity index (χ4n) is 3.14. The molecule has 3 rings (SSSR count). The van der Waals surface area contributed by atoms with Crippen molar-refractivity contribution in [2.45, 2.75) is 32.8 Å². The molecular formula is C22H24ClNO6. The summed E-state index contributed by atoms with van der Waals surface area (Å²) in [6.45, 7) is 4.99. The Balaban J connectivity index is 1.51. The monoisotopic (exact) mass is 433 g/mol. The van der Waals surface area contributed by atoms with Crippen LogP contribution in [0.3, 0.4) is 0 Å². The summed E-state index contributed by atoms with van der Waals surface area (Å²) < 4.78 is 21.7. The number of aryl methyl sites for hydroxylation is 1. The first-order valence-corrected chi connectivity index (χ1v) is 9.79. The number of hydrogen-bond acceptors (Lipinski definition) is 6. The Bertz CT molecular complexity index is 972. The minimum absolute atomic E-state index is 0.318. The average molecular weight is 434 g/mol. The molecule has 0 saturated carbocycles. The summed E-state index contributed by atoms with van der Waals surface area (Å²) in [4.78, 5) is 24.2. The number of fused-ring (bicyclic) bond motifs is 1. The van der Waals surface area contributed by atoms with E-state index in [1.807, 2.05) is 26.0 Å². The Morgan fingerprint density at radius 1 is 1.20 bits per heavy atom. The summed E-state index contributed by atoms with van der Waals surface area (Å²) >= 11 is 6.06. The molecule has 1 amide bonds. The number of carbonyl (C=O) groups excluding carboxylic acids is 2. The molecule has 2 aromatic rings. The van der Waals surface area contributed by atoms with Crippen LogP contribution >= 0.6 is 11.6 Å². The van der Waals surface area contributed by atoms with Crippen molar-refractivity contribution in [1.29, 1.82) is 0 Å². The number of methoxy groups -OCH3 is 1. The molecule has 7 nitrogen and oxygen atoms in total. The number of nitrogens with one attached hydrogen (secondary N) is 1. The van der Waals surface area contributed by atoms with Crippen molar-refractivity contribution in [2.75, 3.05) is 25.6 Å². The number of benzene rings is 2. The van der Waals surface area contributed by atoms with Crippen molar-refractivity contribution in [3.63, 3.8) is 0 Å². The maximum absolute atomic E-state index is 12.1. The second-order valence-corrected chi connectivity index (χ2v) is 7.99. The zero-order chi connectivity index (χ0) is 21.9. The summed E-state index contributed by atoms with van der Waals surface area (Å²) in [5.41, 5.74) is 1.93. The minimum Gasteiger partial charge on any atom is -0.495 e. The lowest BCUT2D eigenvalue weighted by molar-refractivity contribution is -0.149. The van der Waals surface area contributed by atoms with Crippen LogP contribution in [0.2, 0.25) is 5.02 Å². The van der Waals surface area contributed by atoms with Gasteiger partial charge in [0, 0.05) is 23.1 Å². The van der Waals surface area contributed by atoms with E-state index in [-0.39, 0.29) is 12.2 Å². The lowest BCUT2D eigenvalue weighted by Gasteiger charge is -2.18. The molecule has 8 heteroatoms. The number of hydrogen-bond donors (Lipinski definition) is 1. The van der Waals surface area contributed by atoms with Gasteiger partial charge >= 0.3 is 5.97 Å². The smallest absolute Gasteiger partial charge is 0.344 e. The highest BCUT2D eigenvalue weighted by atomic mass is 35.5. The second kappa shape index (κ2) is 8.83. The van der Waals surface area contributed by atoms with E-state index in [9.17, 15) is 9.59 Å². The van der Waals surface area contributed by atoms with Gasteiger partial charge in [-0.1, -0.05) is 23.7 Å². The Hall–Kier alpha value is -2.93. The van der Waals surface area contributed by atoms with Crippen molar-refractivity contribution < 1.29 is 28.5 Å². The molecule has 160 valence electrons. The van der Waals surface area contributed by atoms with Crippen molar-refractivity contribution in [1.82, 2.24) is 0 Å². The largest absolute Gasteiger partial charge is 0.495 e. The average Bonchev–Trinajstić information content (AvgIpc) is 3.01. The summed E-state index contributed by atoms with van der Waals surface area (Å²) in [5.74, 6) is 0.349. The van der Waals surface area contributed by atoms with Crippen LogP contribution in [0.1, 0.15) is 25.0 Å². The molecule has 0 aliphatic carbocycles. The molecule has 1 aliphatic heterocycles. The summed E-state index contributed by atoms with van der Waals surface area (Å²) in [6, 6.07) is 8.83. The van der Waals surface area contributed by atoms with Crippen LogP contribution in [-0.4, -0.2) is 37.8 Å². The summed E-state index contributed by atoms with van der Waals surface area (Å²) in [6.07, 6.45) is 0.762. The Morgan fingerprint density at radius 3 is 2.70 bits per heavy atom. The van der Waals surface area contributed by atoms with Crippen LogP contribution in [-0.2, 0) is 20.7 Å². The Kier molecular flexibility index (Phi) is 6.41. The van der Waals surface area contributed by atoms with Gasteiger partial charge in [0.05, 0.1) is 12.8 Å². The quantitative estimate of drug-likeness (QED) is 0.666. The van der Waals surface area contributed by atoms with Crippen molar-refractivity contribution in [3.8, 4) is 17.2 Å². The third-order valence-electron chi connectivity index (χ3n) is 4.52. The first-order chi connectivity index (χ1) is 14.2. The van der Waals surface area contributed by atoms with Crippen molar-refractivity contribution >= 4 is 29.2 Å². The zero-order valence-electron chi connectivity index (χ0n) is 17.3. The highest BCUT2D eigenvalue weighted by molar-refractivity contribution is 6.31. The molecule has 1 heterocycles. The maximum Gasteiger partial charge on any atom is 0.344 e. The molecule has 0 atom stereocenters. The van der Waals surface area contributed by atoms with E-state index in [1.165, 1.54) is 7.11 Å². The van der Waals surface area contributed by atoms with Crippen molar-refractivity contribution in [2.24, 2.45) is 0 Å². The standard InChI is InChI=1S/C22H24ClNO6/c1-13-8-16(18(27-4)9-15(13)23)24-19(25)11-29-20(26)12-28-17-7-5-6-14-10-22(2,3)30-21(14)17/h5-9H,10-12H2,1-4H3,(H,24,25). The molecule has 0 bridgehead atoms. The van der Waals surface area contributed by atoms with E-state index in [0.717, 1.165) is 17.5 Å². The fourth-order valence-corrected chi connectivity index (χ4v) is 3.30. The second-order valence-electron chi connectivity index (χ2n) is 7.58. The topological polar surface area (TPSA) is 83.1 Å². The van der Waals surface area contributed by atoms with Crippen LogP contribution in [0.5, 0.6) is 17.2 Å². The molecule has 1 N–H and O–H groups in total. The molecule has 0 aromatic heterocycles. The molecule has 0 saturated heterocycles. The number of para-hydroxylation sites is 1. The van der Waals surface area contributed by atoms with Gasteiger partial charge in [-0.3, -0.25) is 4.79 Å². The number of carbonyl (C=O) groups is 2. The molecular weight excluding hydrogens is 410 g/mol. The van der Waals surface area contributed by atoms with Crippen LogP contribution in [0.4, 0.5) is 5.69 Å². The maximum atomic E-state index is 12.1. The number of halogens is 1. The van der Waals surface area contributed by atoms with Gasteiger partial charge < -0.3 is 24.3 Å². The summed E-state index contributed by atoms with van der Waals surface area (Å²) in [7, 11) is 1.47. The third-order valence-corrected chi connectivity index (χ3v) is 4.93.